The predicted octanol–water partition coefficient (Wildman–Crippen LogP) is 19.2. The van der Waals surface area contributed by atoms with Gasteiger partial charge in [-0.2, -0.15) is 0 Å². The highest BCUT2D eigenvalue weighted by Crippen LogP contribution is 2.15. The molecule has 0 aromatic rings. The van der Waals surface area contributed by atoms with Crippen LogP contribution in [0.4, 0.5) is 0 Å². The third kappa shape index (κ3) is 53.5. The summed E-state index contributed by atoms with van der Waals surface area (Å²) < 4.78 is 16.8. The molecule has 0 radical (unpaired) electrons. The molecule has 0 rings (SSSR count). The second-order valence-electron chi connectivity index (χ2n) is 18.8. The monoisotopic (exact) mass is 947 g/mol. The van der Waals surface area contributed by atoms with Crippen LogP contribution in [-0.4, -0.2) is 37.2 Å². The van der Waals surface area contributed by atoms with E-state index in [-0.39, 0.29) is 37.5 Å². The molecule has 0 aliphatic rings. The SMILES string of the molecule is CC/C=C\C/C=C\C/C=C\C/C=C\CCC(=O)OC(COC(=O)CCCCCCCCCCCC/C=C\C/C=C\C/C=C\CCCCCCC)COC(=O)CCCCCCCCCCCCCC. The summed E-state index contributed by atoms with van der Waals surface area (Å²) in [7, 11) is 0. The van der Waals surface area contributed by atoms with Crippen molar-refractivity contribution in [2.45, 2.75) is 277 Å². The largest absolute Gasteiger partial charge is 0.462 e. The van der Waals surface area contributed by atoms with E-state index in [9.17, 15) is 14.4 Å². The van der Waals surface area contributed by atoms with Crippen molar-refractivity contribution in [1.82, 2.24) is 0 Å². The van der Waals surface area contributed by atoms with Crippen molar-refractivity contribution in [2.75, 3.05) is 13.2 Å². The lowest BCUT2D eigenvalue weighted by molar-refractivity contribution is -0.166. The minimum absolute atomic E-state index is 0.104. The smallest absolute Gasteiger partial charge is 0.306 e. The van der Waals surface area contributed by atoms with E-state index in [1.54, 1.807) is 0 Å². The molecule has 0 aromatic heterocycles. The molecule has 68 heavy (non-hydrogen) atoms. The molecular formula is C62H106O6. The maximum absolute atomic E-state index is 12.8. The second-order valence-corrected chi connectivity index (χ2v) is 18.8. The van der Waals surface area contributed by atoms with Gasteiger partial charge in [-0.15, -0.1) is 0 Å². The Morgan fingerprint density at radius 2 is 0.603 bits per heavy atom. The van der Waals surface area contributed by atoms with E-state index in [1.807, 2.05) is 12.2 Å². The quantitative estimate of drug-likeness (QED) is 0.0262. The third-order valence-corrected chi connectivity index (χ3v) is 12.1. The third-order valence-electron chi connectivity index (χ3n) is 12.1. The Morgan fingerprint density at radius 3 is 0.956 bits per heavy atom. The van der Waals surface area contributed by atoms with Crippen LogP contribution >= 0.6 is 0 Å². The Hall–Kier alpha value is -3.41. The highest BCUT2D eigenvalue weighted by atomic mass is 16.6. The van der Waals surface area contributed by atoms with Crippen LogP contribution in [-0.2, 0) is 28.6 Å². The first-order valence-electron chi connectivity index (χ1n) is 28.6. The van der Waals surface area contributed by atoms with E-state index in [4.69, 9.17) is 14.2 Å². The van der Waals surface area contributed by atoms with Gasteiger partial charge in [-0.05, 0) is 83.5 Å². The predicted molar refractivity (Wildman–Crippen MR) is 293 cm³/mol. The fraction of sp³-hybridized carbons (Fsp3) is 0.726. The Kier molecular flexibility index (Phi) is 53.4. The van der Waals surface area contributed by atoms with E-state index < -0.39 is 6.10 Å². The van der Waals surface area contributed by atoms with Gasteiger partial charge in [0.1, 0.15) is 13.2 Å². The molecule has 0 N–H and O–H groups in total. The highest BCUT2D eigenvalue weighted by molar-refractivity contribution is 5.71. The lowest BCUT2D eigenvalue weighted by atomic mass is 10.0. The number of ether oxygens (including phenoxy) is 3. The Bertz CT molecular complexity index is 1320. The first-order chi connectivity index (χ1) is 33.5. The molecule has 390 valence electrons. The summed E-state index contributed by atoms with van der Waals surface area (Å²) in [5, 5.41) is 0. The summed E-state index contributed by atoms with van der Waals surface area (Å²) in [4.78, 5) is 38.0. The number of esters is 3. The number of hydrogen-bond acceptors (Lipinski definition) is 6. The van der Waals surface area contributed by atoms with Crippen molar-refractivity contribution in [2.24, 2.45) is 0 Å². The lowest BCUT2D eigenvalue weighted by Crippen LogP contribution is -2.30. The Morgan fingerprint density at radius 1 is 0.309 bits per heavy atom. The minimum atomic E-state index is -0.814. The standard InChI is InChI=1S/C62H106O6/c1-4-7-10-13-16-19-22-25-26-27-28-29-30-31-32-33-34-35-36-38-40-43-46-49-52-55-61(64)67-58-59(57-66-60(63)54-51-48-45-42-39-24-21-18-15-12-9-6-3)68-62(65)56-53-50-47-44-41-37-23-20-17-14-11-8-5-2/h8,11,17,20,22,25,27-28,30-31,37,41,47,50,59H,4-7,9-10,12-16,18-19,21,23-24,26,29,32-36,38-40,42-46,48-49,51-58H2,1-3H3/b11-8-,20-17-,25-22-,28-27-,31-30-,41-37-,50-47-. The van der Waals surface area contributed by atoms with Crippen LogP contribution in [0.15, 0.2) is 85.1 Å². The molecule has 0 spiro atoms. The summed E-state index contributed by atoms with van der Waals surface area (Å²) in [5.41, 5.74) is 0. The van der Waals surface area contributed by atoms with Crippen molar-refractivity contribution in [1.29, 1.82) is 0 Å². The second kappa shape index (κ2) is 56.2. The normalized spacial score (nSPS) is 12.7. The molecule has 0 saturated heterocycles. The highest BCUT2D eigenvalue weighted by Gasteiger charge is 2.19. The maximum Gasteiger partial charge on any atom is 0.306 e. The van der Waals surface area contributed by atoms with E-state index in [0.717, 1.165) is 77.0 Å². The Labute approximate surface area is 420 Å². The summed E-state index contributed by atoms with van der Waals surface area (Å²) >= 11 is 0. The first kappa shape index (κ1) is 64.6. The van der Waals surface area contributed by atoms with E-state index in [0.29, 0.717) is 19.3 Å². The number of allylic oxidation sites excluding steroid dienone is 14. The van der Waals surface area contributed by atoms with Crippen molar-refractivity contribution < 1.29 is 28.6 Å². The van der Waals surface area contributed by atoms with Gasteiger partial charge in [0.25, 0.3) is 0 Å². The first-order valence-corrected chi connectivity index (χ1v) is 28.6. The zero-order chi connectivity index (χ0) is 49.3. The van der Waals surface area contributed by atoms with Crippen molar-refractivity contribution in [3.05, 3.63) is 85.1 Å². The molecule has 0 fully saturated rings. The van der Waals surface area contributed by atoms with Crippen LogP contribution in [0.3, 0.4) is 0 Å². The van der Waals surface area contributed by atoms with Crippen LogP contribution in [0.2, 0.25) is 0 Å². The summed E-state index contributed by atoms with van der Waals surface area (Å²) in [6.07, 6.45) is 73.1. The van der Waals surface area contributed by atoms with E-state index in [2.05, 4.69) is 93.7 Å². The zero-order valence-electron chi connectivity index (χ0n) is 44.6. The van der Waals surface area contributed by atoms with Gasteiger partial charge in [0.2, 0.25) is 0 Å². The van der Waals surface area contributed by atoms with Gasteiger partial charge in [-0.25, -0.2) is 0 Å². The van der Waals surface area contributed by atoms with Crippen LogP contribution < -0.4 is 0 Å². The number of carbonyl (C=O) groups is 3. The molecule has 6 nitrogen and oxygen atoms in total. The van der Waals surface area contributed by atoms with Gasteiger partial charge in [-0.1, -0.05) is 254 Å². The van der Waals surface area contributed by atoms with Crippen LogP contribution in [0, 0.1) is 0 Å². The molecule has 0 aliphatic heterocycles. The lowest BCUT2D eigenvalue weighted by Gasteiger charge is -2.18. The number of hydrogen-bond donors (Lipinski definition) is 0. The topological polar surface area (TPSA) is 78.9 Å². The van der Waals surface area contributed by atoms with Crippen LogP contribution in [0.25, 0.3) is 0 Å². The molecule has 0 amide bonds. The van der Waals surface area contributed by atoms with Gasteiger partial charge in [0.15, 0.2) is 6.10 Å². The van der Waals surface area contributed by atoms with Crippen molar-refractivity contribution >= 4 is 17.9 Å². The molecule has 1 atom stereocenters. The van der Waals surface area contributed by atoms with Gasteiger partial charge < -0.3 is 14.2 Å². The summed E-state index contributed by atoms with van der Waals surface area (Å²) in [6, 6.07) is 0. The number of rotatable bonds is 51. The van der Waals surface area contributed by atoms with Gasteiger partial charge in [0, 0.05) is 19.3 Å². The van der Waals surface area contributed by atoms with Crippen LogP contribution in [0.5, 0.6) is 0 Å². The Balaban J connectivity index is 4.32. The van der Waals surface area contributed by atoms with Crippen molar-refractivity contribution in [3.8, 4) is 0 Å². The maximum atomic E-state index is 12.8. The molecule has 6 heteroatoms. The summed E-state index contributed by atoms with van der Waals surface area (Å²) in [6.45, 7) is 6.45. The van der Waals surface area contributed by atoms with E-state index in [1.165, 1.54) is 148 Å². The molecule has 0 saturated carbocycles. The van der Waals surface area contributed by atoms with Gasteiger partial charge in [0.05, 0.1) is 0 Å². The van der Waals surface area contributed by atoms with E-state index >= 15 is 0 Å². The fourth-order valence-corrected chi connectivity index (χ4v) is 7.88. The zero-order valence-corrected chi connectivity index (χ0v) is 44.6. The molecule has 0 heterocycles. The summed E-state index contributed by atoms with van der Waals surface area (Å²) in [5.74, 6) is -0.987. The van der Waals surface area contributed by atoms with Gasteiger partial charge >= 0.3 is 17.9 Å². The molecule has 0 aromatic carbocycles. The molecular weight excluding hydrogens is 841 g/mol. The van der Waals surface area contributed by atoms with Crippen LogP contribution in [0.1, 0.15) is 271 Å². The van der Waals surface area contributed by atoms with Gasteiger partial charge in [-0.3, -0.25) is 14.4 Å². The minimum Gasteiger partial charge on any atom is -0.462 e. The van der Waals surface area contributed by atoms with Crippen molar-refractivity contribution in [3.63, 3.8) is 0 Å². The fourth-order valence-electron chi connectivity index (χ4n) is 7.88. The molecule has 1 unspecified atom stereocenters. The molecule has 0 bridgehead atoms. The number of carbonyl (C=O) groups excluding carboxylic acids is 3. The molecule has 0 aliphatic carbocycles. The average Bonchev–Trinajstić information content (AvgIpc) is 3.34. The number of unbranched alkanes of at least 4 members (excludes halogenated alkanes) is 26. The average molecular weight is 948 g/mol.